The zero-order valence-electron chi connectivity index (χ0n) is 30.9. The van der Waals surface area contributed by atoms with Gasteiger partial charge in [-0.25, -0.2) is 0 Å². The van der Waals surface area contributed by atoms with Crippen molar-refractivity contribution in [1.82, 2.24) is 0 Å². The second-order valence-electron chi connectivity index (χ2n) is 15.5. The van der Waals surface area contributed by atoms with E-state index in [2.05, 4.69) is 199 Å². The molecule has 0 N–H and O–H groups in total. The van der Waals surface area contributed by atoms with Gasteiger partial charge in [-0.15, -0.1) is 0 Å². The van der Waals surface area contributed by atoms with Crippen LogP contribution in [-0.4, -0.2) is 0 Å². The van der Waals surface area contributed by atoms with Crippen LogP contribution in [0.2, 0.25) is 0 Å². The fourth-order valence-electron chi connectivity index (χ4n) is 10.6. The minimum absolute atomic E-state index is 0.494. The quantitative estimate of drug-likeness (QED) is 0.169. The van der Waals surface area contributed by atoms with E-state index in [4.69, 9.17) is 4.42 Å². The Labute approximate surface area is 329 Å². The molecule has 0 unspecified atom stereocenters. The summed E-state index contributed by atoms with van der Waals surface area (Å²) in [4.78, 5) is 2.39. The van der Waals surface area contributed by atoms with Gasteiger partial charge in [0.05, 0.1) is 16.5 Å². The third kappa shape index (κ3) is 3.99. The average Bonchev–Trinajstić information content (AvgIpc) is 3.91. The van der Waals surface area contributed by atoms with E-state index in [-0.39, 0.29) is 0 Å². The maximum atomic E-state index is 6.41. The summed E-state index contributed by atoms with van der Waals surface area (Å²) >= 11 is 0. The predicted molar refractivity (Wildman–Crippen MR) is 237 cm³/mol. The highest BCUT2D eigenvalue weighted by Gasteiger charge is 2.53. The number of hydrogen-bond donors (Lipinski definition) is 0. The summed E-state index contributed by atoms with van der Waals surface area (Å²) < 4.78 is 6.41. The van der Waals surface area contributed by atoms with Crippen molar-refractivity contribution in [2.75, 3.05) is 4.90 Å². The molecule has 13 rings (SSSR count). The van der Waals surface area contributed by atoms with Gasteiger partial charge in [-0.2, -0.15) is 0 Å². The van der Waals surface area contributed by atoms with E-state index < -0.39 is 5.41 Å². The number of para-hydroxylation sites is 2. The second-order valence-corrected chi connectivity index (χ2v) is 15.5. The van der Waals surface area contributed by atoms with E-state index in [0.717, 1.165) is 39.0 Å². The molecule has 2 aliphatic rings. The molecule has 10 aromatic carbocycles. The minimum atomic E-state index is -0.494. The van der Waals surface area contributed by atoms with Crippen LogP contribution in [0.4, 0.5) is 17.1 Å². The molecule has 0 saturated heterocycles. The largest absolute Gasteiger partial charge is 0.456 e. The first-order valence-corrected chi connectivity index (χ1v) is 19.8. The molecule has 0 saturated carbocycles. The Morgan fingerprint density at radius 2 is 0.982 bits per heavy atom. The topological polar surface area (TPSA) is 16.4 Å². The molecule has 1 spiro atoms. The van der Waals surface area contributed by atoms with Crippen LogP contribution in [-0.2, 0) is 5.41 Å². The molecule has 2 nitrogen and oxygen atoms in total. The summed E-state index contributed by atoms with van der Waals surface area (Å²) in [7, 11) is 0. The van der Waals surface area contributed by atoms with E-state index in [0.29, 0.717) is 0 Å². The molecule has 2 aliphatic carbocycles. The highest BCUT2D eigenvalue weighted by atomic mass is 16.3. The van der Waals surface area contributed by atoms with Gasteiger partial charge >= 0.3 is 0 Å². The van der Waals surface area contributed by atoms with E-state index in [9.17, 15) is 0 Å². The first kappa shape index (κ1) is 30.9. The van der Waals surface area contributed by atoms with Gasteiger partial charge in [0.15, 0.2) is 0 Å². The Hall–Kier alpha value is -7.42. The first-order valence-electron chi connectivity index (χ1n) is 19.8. The van der Waals surface area contributed by atoms with Crippen molar-refractivity contribution in [3.8, 4) is 22.3 Å². The standard InChI is InChI=1S/C55H33NO/c1-2-15-36(16-3-1)56(49-26-14-28-51-53(49)44-23-10-13-27-50(44)57-51)37-30-29-34-32-45-48(33-35(34)31-37)55(46-24-11-8-19-40(46)41-20-9-12-25-47(41)55)54-43-22-7-5-18-39(43)38-17-4-6-21-42(38)52(45)54/h1-33H. The summed E-state index contributed by atoms with van der Waals surface area (Å²) in [6.45, 7) is 0. The molecule has 0 atom stereocenters. The summed E-state index contributed by atoms with van der Waals surface area (Å²) in [5.74, 6) is 0. The van der Waals surface area contributed by atoms with E-state index in [1.54, 1.807) is 0 Å². The van der Waals surface area contributed by atoms with Crippen molar-refractivity contribution >= 4 is 71.3 Å². The number of hydrogen-bond acceptors (Lipinski definition) is 2. The number of nitrogens with zero attached hydrogens (tertiary/aromatic N) is 1. The summed E-state index contributed by atoms with van der Waals surface area (Å²) in [6.07, 6.45) is 0. The van der Waals surface area contributed by atoms with Crippen LogP contribution in [0, 0.1) is 0 Å². The monoisotopic (exact) mass is 723 g/mol. The number of fused-ring (bicyclic) bond motifs is 19. The van der Waals surface area contributed by atoms with Crippen LogP contribution in [0.1, 0.15) is 22.3 Å². The van der Waals surface area contributed by atoms with Crippen molar-refractivity contribution in [3.05, 3.63) is 222 Å². The lowest BCUT2D eigenvalue weighted by molar-refractivity contribution is 0.669. The number of rotatable bonds is 3. The molecule has 2 heteroatoms. The summed E-state index contributed by atoms with van der Waals surface area (Å²) in [5.41, 5.74) is 15.3. The molecule has 0 bridgehead atoms. The van der Waals surface area contributed by atoms with Crippen LogP contribution in [0.25, 0.3) is 76.5 Å². The highest BCUT2D eigenvalue weighted by molar-refractivity contribution is 6.21. The molecule has 0 amide bonds. The van der Waals surface area contributed by atoms with Gasteiger partial charge < -0.3 is 9.32 Å². The lowest BCUT2D eigenvalue weighted by Crippen LogP contribution is -2.26. The van der Waals surface area contributed by atoms with Gasteiger partial charge in [0.1, 0.15) is 11.2 Å². The second kappa shape index (κ2) is 11.3. The van der Waals surface area contributed by atoms with E-state index in [1.807, 2.05) is 6.07 Å². The van der Waals surface area contributed by atoms with Gasteiger partial charge in [0, 0.05) is 16.8 Å². The van der Waals surface area contributed by atoms with Crippen molar-refractivity contribution < 1.29 is 4.42 Å². The van der Waals surface area contributed by atoms with Gasteiger partial charge in [-0.3, -0.25) is 0 Å². The minimum Gasteiger partial charge on any atom is -0.456 e. The average molecular weight is 724 g/mol. The summed E-state index contributed by atoms with van der Waals surface area (Å²) in [6, 6.07) is 73.8. The zero-order valence-corrected chi connectivity index (χ0v) is 30.9. The van der Waals surface area contributed by atoms with Crippen LogP contribution in [0.3, 0.4) is 0 Å². The van der Waals surface area contributed by atoms with E-state index >= 15 is 0 Å². The van der Waals surface area contributed by atoms with Crippen molar-refractivity contribution in [2.45, 2.75) is 5.41 Å². The molecule has 264 valence electrons. The Morgan fingerprint density at radius 3 is 1.75 bits per heavy atom. The zero-order chi connectivity index (χ0) is 37.2. The van der Waals surface area contributed by atoms with Crippen LogP contribution < -0.4 is 4.90 Å². The molecule has 11 aromatic rings. The Kier molecular flexibility index (Phi) is 6.13. The van der Waals surface area contributed by atoms with Crippen LogP contribution >= 0.6 is 0 Å². The molecular weight excluding hydrogens is 691 g/mol. The molecular formula is C55H33NO. The van der Waals surface area contributed by atoms with E-state index in [1.165, 1.54) is 76.8 Å². The summed E-state index contributed by atoms with van der Waals surface area (Å²) in [5, 5.41) is 9.86. The lowest BCUT2D eigenvalue weighted by atomic mass is 9.69. The normalized spacial score (nSPS) is 13.4. The van der Waals surface area contributed by atoms with Gasteiger partial charge in [-0.05, 0) is 131 Å². The fraction of sp³-hybridized carbons (Fsp3) is 0.0182. The third-order valence-corrected chi connectivity index (χ3v) is 12.8. The maximum Gasteiger partial charge on any atom is 0.137 e. The Morgan fingerprint density at radius 1 is 0.368 bits per heavy atom. The fourth-order valence-corrected chi connectivity index (χ4v) is 10.6. The number of furan rings is 1. The lowest BCUT2D eigenvalue weighted by Gasteiger charge is -2.32. The molecule has 1 aromatic heterocycles. The smallest absolute Gasteiger partial charge is 0.137 e. The van der Waals surface area contributed by atoms with Crippen molar-refractivity contribution in [1.29, 1.82) is 0 Å². The van der Waals surface area contributed by atoms with Gasteiger partial charge in [-0.1, -0.05) is 146 Å². The van der Waals surface area contributed by atoms with Gasteiger partial charge in [0.2, 0.25) is 0 Å². The number of anilines is 3. The molecule has 57 heavy (non-hydrogen) atoms. The molecule has 0 radical (unpaired) electrons. The van der Waals surface area contributed by atoms with Crippen LogP contribution in [0.5, 0.6) is 0 Å². The van der Waals surface area contributed by atoms with Crippen LogP contribution in [0.15, 0.2) is 205 Å². The Balaban J connectivity index is 1.14. The van der Waals surface area contributed by atoms with Gasteiger partial charge in [0.25, 0.3) is 0 Å². The molecule has 0 aliphatic heterocycles. The Bertz CT molecular complexity index is 3440. The number of benzene rings is 10. The maximum absolute atomic E-state index is 6.41. The predicted octanol–water partition coefficient (Wildman–Crippen LogP) is 14.9. The van der Waals surface area contributed by atoms with Crippen molar-refractivity contribution in [2.24, 2.45) is 0 Å². The SMILES string of the molecule is c1ccc(N(c2ccc3cc4c(cc3c2)C2(c3ccccc3-c3ccccc32)c2c-4c3ccccc3c3ccccc23)c2cccc3oc4ccccc4c23)cc1. The molecule has 0 fully saturated rings. The molecule has 1 heterocycles. The third-order valence-electron chi connectivity index (χ3n) is 12.8. The highest BCUT2D eigenvalue weighted by Crippen LogP contribution is 2.66. The van der Waals surface area contributed by atoms with Crippen molar-refractivity contribution in [3.63, 3.8) is 0 Å². The first-order chi connectivity index (χ1) is 28.3.